The van der Waals surface area contributed by atoms with Gasteiger partial charge >= 0.3 is 0 Å². The number of likely N-dealkylation sites (tertiary alicyclic amines) is 1. The van der Waals surface area contributed by atoms with Crippen LogP contribution in [0.3, 0.4) is 0 Å². The first kappa shape index (κ1) is 19.6. The van der Waals surface area contributed by atoms with Gasteiger partial charge in [-0.3, -0.25) is 9.59 Å². The summed E-state index contributed by atoms with van der Waals surface area (Å²) < 4.78 is 0. The van der Waals surface area contributed by atoms with Gasteiger partial charge in [0.15, 0.2) is 0 Å². The molecule has 1 aromatic heterocycles. The summed E-state index contributed by atoms with van der Waals surface area (Å²) in [5.41, 5.74) is 7.44. The average Bonchev–Trinajstić information content (AvgIpc) is 3.16. The van der Waals surface area contributed by atoms with Crippen molar-refractivity contribution in [1.82, 2.24) is 4.90 Å². The van der Waals surface area contributed by atoms with E-state index in [0.29, 0.717) is 25.3 Å². The number of rotatable bonds is 6. The minimum atomic E-state index is -0.682. The molecule has 2 heterocycles. The highest BCUT2D eigenvalue weighted by atomic mass is 32.1. The Bertz CT molecular complexity index is 800. The molecule has 2 aromatic rings. The van der Waals surface area contributed by atoms with Crippen molar-refractivity contribution in [3.63, 3.8) is 0 Å². The SMILES string of the molecule is CC(C)CC(=O)N1CCCC(Cc2cccc(-c3cccs3)c2)(C(N)=O)C1. The number of amides is 2. The molecule has 0 saturated carbocycles. The Labute approximate surface area is 165 Å². The molecule has 4 nitrogen and oxygen atoms in total. The van der Waals surface area contributed by atoms with E-state index in [-0.39, 0.29) is 11.8 Å². The molecule has 2 N–H and O–H groups in total. The summed E-state index contributed by atoms with van der Waals surface area (Å²) in [6.45, 7) is 5.23. The molecule has 1 aliphatic rings. The molecule has 2 amide bonds. The predicted molar refractivity (Wildman–Crippen MR) is 110 cm³/mol. The molecule has 0 bridgehead atoms. The van der Waals surface area contributed by atoms with Crippen molar-refractivity contribution >= 4 is 23.2 Å². The molecule has 27 heavy (non-hydrogen) atoms. The summed E-state index contributed by atoms with van der Waals surface area (Å²) in [4.78, 5) is 28.1. The number of carbonyl (C=O) groups is 2. The summed E-state index contributed by atoms with van der Waals surface area (Å²) in [6, 6.07) is 12.5. The van der Waals surface area contributed by atoms with Gasteiger partial charge in [0.25, 0.3) is 0 Å². The van der Waals surface area contributed by atoms with E-state index in [0.717, 1.165) is 30.5 Å². The molecule has 3 rings (SSSR count). The maximum absolute atomic E-state index is 12.6. The van der Waals surface area contributed by atoms with Crippen LogP contribution in [0.1, 0.15) is 38.7 Å². The molecule has 1 unspecified atom stereocenters. The van der Waals surface area contributed by atoms with E-state index in [1.54, 1.807) is 11.3 Å². The fourth-order valence-corrected chi connectivity index (χ4v) is 4.65. The second-order valence-electron chi connectivity index (χ2n) is 8.02. The maximum atomic E-state index is 12.6. The smallest absolute Gasteiger partial charge is 0.225 e. The second-order valence-corrected chi connectivity index (χ2v) is 8.96. The maximum Gasteiger partial charge on any atom is 0.225 e. The standard InChI is InChI=1S/C22H28N2O2S/c1-16(2)12-20(25)24-10-5-9-22(15-24,21(23)26)14-17-6-3-7-18(13-17)19-8-4-11-27-19/h3-4,6-8,11,13,16H,5,9-10,12,14-15H2,1-2H3,(H2,23,26). The van der Waals surface area contributed by atoms with Crippen LogP contribution in [0.4, 0.5) is 0 Å². The number of primary amides is 1. The fourth-order valence-electron chi connectivity index (χ4n) is 3.92. The summed E-state index contributed by atoms with van der Waals surface area (Å²) in [6.07, 6.45) is 2.64. The van der Waals surface area contributed by atoms with Gasteiger partial charge in [0.2, 0.25) is 11.8 Å². The van der Waals surface area contributed by atoms with Crippen molar-refractivity contribution in [2.24, 2.45) is 17.1 Å². The molecular formula is C22H28N2O2S. The fraction of sp³-hybridized carbons (Fsp3) is 0.455. The third kappa shape index (κ3) is 4.59. The number of benzene rings is 1. The Hall–Kier alpha value is -2.14. The van der Waals surface area contributed by atoms with Crippen LogP contribution >= 0.6 is 11.3 Å². The number of nitrogens with zero attached hydrogens (tertiary/aromatic N) is 1. The van der Waals surface area contributed by atoms with E-state index in [1.165, 1.54) is 4.88 Å². The lowest BCUT2D eigenvalue weighted by Crippen LogP contribution is -2.53. The highest BCUT2D eigenvalue weighted by molar-refractivity contribution is 7.13. The molecule has 1 atom stereocenters. The van der Waals surface area contributed by atoms with Crippen molar-refractivity contribution < 1.29 is 9.59 Å². The van der Waals surface area contributed by atoms with Crippen LogP contribution < -0.4 is 5.73 Å². The summed E-state index contributed by atoms with van der Waals surface area (Å²) >= 11 is 1.70. The lowest BCUT2D eigenvalue weighted by Gasteiger charge is -2.41. The Morgan fingerprint density at radius 1 is 1.26 bits per heavy atom. The molecule has 0 radical (unpaired) electrons. The van der Waals surface area contributed by atoms with Crippen LogP contribution in [-0.2, 0) is 16.0 Å². The molecule has 5 heteroatoms. The zero-order chi connectivity index (χ0) is 19.4. The first-order valence-electron chi connectivity index (χ1n) is 9.60. The highest BCUT2D eigenvalue weighted by Crippen LogP contribution is 2.35. The summed E-state index contributed by atoms with van der Waals surface area (Å²) in [5.74, 6) is 0.138. The van der Waals surface area contributed by atoms with E-state index < -0.39 is 5.41 Å². The van der Waals surface area contributed by atoms with Crippen LogP contribution in [0.15, 0.2) is 41.8 Å². The molecule has 144 valence electrons. The van der Waals surface area contributed by atoms with Crippen LogP contribution in [0.2, 0.25) is 0 Å². The first-order valence-corrected chi connectivity index (χ1v) is 10.5. The van der Waals surface area contributed by atoms with Crippen molar-refractivity contribution in [2.45, 2.75) is 39.5 Å². The van der Waals surface area contributed by atoms with Gasteiger partial charge in [0.1, 0.15) is 0 Å². The minimum Gasteiger partial charge on any atom is -0.369 e. The zero-order valence-electron chi connectivity index (χ0n) is 16.1. The van der Waals surface area contributed by atoms with Gasteiger partial charge < -0.3 is 10.6 Å². The molecule has 1 fully saturated rings. The third-order valence-electron chi connectivity index (χ3n) is 5.31. The van der Waals surface area contributed by atoms with Gasteiger partial charge in [-0.05, 0) is 47.8 Å². The molecule has 1 saturated heterocycles. The van der Waals surface area contributed by atoms with Crippen LogP contribution in [-0.4, -0.2) is 29.8 Å². The number of thiophene rings is 1. The largest absolute Gasteiger partial charge is 0.369 e. The zero-order valence-corrected chi connectivity index (χ0v) is 16.9. The van der Waals surface area contributed by atoms with Gasteiger partial charge in [0, 0.05) is 24.4 Å². The Kier molecular flexibility index (Phi) is 6.00. The lowest BCUT2D eigenvalue weighted by molar-refractivity contribution is -0.140. The number of nitrogens with two attached hydrogens (primary N) is 1. The predicted octanol–water partition coefficient (Wildman–Crippen LogP) is 4.10. The number of hydrogen-bond acceptors (Lipinski definition) is 3. The quantitative estimate of drug-likeness (QED) is 0.815. The summed E-state index contributed by atoms with van der Waals surface area (Å²) in [7, 11) is 0. The average molecular weight is 385 g/mol. The van der Waals surface area contributed by atoms with E-state index >= 15 is 0 Å². The normalized spacial score (nSPS) is 20.0. The molecule has 0 spiro atoms. The van der Waals surface area contributed by atoms with Crippen LogP contribution in [0.5, 0.6) is 0 Å². The van der Waals surface area contributed by atoms with E-state index in [9.17, 15) is 9.59 Å². The summed E-state index contributed by atoms with van der Waals surface area (Å²) in [5, 5.41) is 2.06. The molecule has 0 aliphatic carbocycles. The topological polar surface area (TPSA) is 63.4 Å². The Balaban J connectivity index is 1.82. The van der Waals surface area contributed by atoms with Crippen molar-refractivity contribution in [3.8, 4) is 10.4 Å². The number of hydrogen-bond donors (Lipinski definition) is 1. The lowest BCUT2D eigenvalue weighted by atomic mass is 9.74. The van der Waals surface area contributed by atoms with E-state index in [4.69, 9.17) is 5.73 Å². The van der Waals surface area contributed by atoms with Crippen LogP contribution in [0.25, 0.3) is 10.4 Å². The van der Waals surface area contributed by atoms with Gasteiger partial charge in [-0.1, -0.05) is 44.2 Å². The van der Waals surface area contributed by atoms with Gasteiger partial charge in [-0.15, -0.1) is 11.3 Å². The number of carbonyl (C=O) groups excluding carboxylic acids is 2. The van der Waals surface area contributed by atoms with Gasteiger partial charge in [-0.2, -0.15) is 0 Å². The Morgan fingerprint density at radius 3 is 2.74 bits per heavy atom. The molecule has 1 aromatic carbocycles. The molecular weight excluding hydrogens is 356 g/mol. The first-order chi connectivity index (χ1) is 12.9. The Morgan fingerprint density at radius 2 is 2.07 bits per heavy atom. The van der Waals surface area contributed by atoms with Crippen molar-refractivity contribution in [2.75, 3.05) is 13.1 Å². The third-order valence-corrected chi connectivity index (χ3v) is 6.23. The minimum absolute atomic E-state index is 0.127. The van der Waals surface area contributed by atoms with Crippen LogP contribution in [0, 0.1) is 11.3 Å². The van der Waals surface area contributed by atoms with Crippen molar-refractivity contribution in [1.29, 1.82) is 0 Å². The van der Waals surface area contributed by atoms with Crippen molar-refractivity contribution in [3.05, 3.63) is 47.3 Å². The van der Waals surface area contributed by atoms with E-state index in [1.807, 2.05) is 30.9 Å². The molecule has 1 aliphatic heterocycles. The van der Waals surface area contributed by atoms with Gasteiger partial charge in [-0.25, -0.2) is 0 Å². The number of piperidine rings is 1. The highest BCUT2D eigenvalue weighted by Gasteiger charge is 2.42. The second kappa shape index (κ2) is 8.26. The monoisotopic (exact) mass is 384 g/mol. The van der Waals surface area contributed by atoms with E-state index in [2.05, 4.69) is 29.6 Å². The van der Waals surface area contributed by atoms with Gasteiger partial charge in [0.05, 0.1) is 5.41 Å².